The Hall–Kier alpha value is -2.04. The van der Waals surface area contributed by atoms with E-state index < -0.39 is 0 Å². The number of benzene rings is 1. The summed E-state index contributed by atoms with van der Waals surface area (Å²) in [6.45, 7) is 2.69. The molecule has 1 aliphatic heterocycles. The highest BCUT2D eigenvalue weighted by Crippen LogP contribution is 2.24. The van der Waals surface area contributed by atoms with Crippen LogP contribution in [0.4, 0.5) is 5.69 Å². The summed E-state index contributed by atoms with van der Waals surface area (Å²) in [6.07, 6.45) is 2.05. The van der Waals surface area contributed by atoms with E-state index in [-0.39, 0.29) is 23.8 Å². The van der Waals surface area contributed by atoms with Crippen molar-refractivity contribution in [2.75, 3.05) is 19.3 Å². The van der Waals surface area contributed by atoms with E-state index in [0.717, 1.165) is 24.1 Å². The zero-order chi connectivity index (χ0) is 15.4. The number of nitrogens with two attached hydrogens (primary N) is 1. The van der Waals surface area contributed by atoms with Crippen LogP contribution >= 0.6 is 0 Å². The molecule has 0 radical (unpaired) electrons. The predicted molar refractivity (Wildman–Crippen MR) is 82.7 cm³/mol. The number of nitrogens with one attached hydrogen (secondary N) is 1. The van der Waals surface area contributed by atoms with Crippen molar-refractivity contribution in [3.05, 3.63) is 29.8 Å². The Kier molecular flexibility index (Phi) is 4.83. The van der Waals surface area contributed by atoms with Crippen molar-refractivity contribution in [2.24, 2.45) is 0 Å². The van der Waals surface area contributed by atoms with Gasteiger partial charge < -0.3 is 16.0 Å². The molecule has 5 nitrogen and oxygen atoms in total. The van der Waals surface area contributed by atoms with Gasteiger partial charge in [0.15, 0.2) is 0 Å². The number of amides is 2. The molecule has 2 atom stereocenters. The predicted octanol–water partition coefficient (Wildman–Crippen LogP) is 1.50. The van der Waals surface area contributed by atoms with Crippen molar-refractivity contribution in [3.8, 4) is 0 Å². The molecule has 0 bridgehead atoms. The highest BCUT2D eigenvalue weighted by atomic mass is 16.2. The van der Waals surface area contributed by atoms with Gasteiger partial charge in [-0.25, -0.2) is 0 Å². The first-order valence-corrected chi connectivity index (χ1v) is 7.39. The fourth-order valence-corrected chi connectivity index (χ4v) is 2.83. The average molecular weight is 289 g/mol. The summed E-state index contributed by atoms with van der Waals surface area (Å²) < 4.78 is 0. The van der Waals surface area contributed by atoms with Crippen LogP contribution in [-0.4, -0.2) is 36.3 Å². The van der Waals surface area contributed by atoms with E-state index in [1.54, 1.807) is 11.9 Å². The summed E-state index contributed by atoms with van der Waals surface area (Å²) >= 11 is 0. The van der Waals surface area contributed by atoms with Gasteiger partial charge in [-0.1, -0.05) is 19.1 Å². The molecule has 2 rings (SSSR count). The van der Waals surface area contributed by atoms with Crippen LogP contribution in [0.5, 0.6) is 0 Å². The third-order valence-corrected chi connectivity index (χ3v) is 4.11. The number of likely N-dealkylation sites (N-methyl/N-ethyl adjacent to an activating group) is 1. The number of carbonyl (C=O) groups is 2. The van der Waals surface area contributed by atoms with E-state index in [1.807, 2.05) is 31.2 Å². The van der Waals surface area contributed by atoms with E-state index in [2.05, 4.69) is 5.32 Å². The molecule has 1 saturated heterocycles. The minimum Gasteiger partial charge on any atom is -0.399 e. The highest BCUT2D eigenvalue weighted by molar-refractivity contribution is 5.88. The molecule has 0 saturated carbocycles. The quantitative estimate of drug-likeness (QED) is 0.825. The normalized spacial score (nSPS) is 19.3. The van der Waals surface area contributed by atoms with Gasteiger partial charge in [0.25, 0.3) is 0 Å². The van der Waals surface area contributed by atoms with Gasteiger partial charge in [0.05, 0.1) is 0 Å². The molecule has 0 spiro atoms. The van der Waals surface area contributed by atoms with Gasteiger partial charge in [-0.05, 0) is 36.5 Å². The Bertz CT molecular complexity index is 513. The molecule has 1 fully saturated rings. The summed E-state index contributed by atoms with van der Waals surface area (Å²) in [4.78, 5) is 26.0. The van der Waals surface area contributed by atoms with Crippen LogP contribution in [0, 0.1) is 0 Å². The number of hydrogen-bond acceptors (Lipinski definition) is 3. The first kappa shape index (κ1) is 15.4. The van der Waals surface area contributed by atoms with E-state index in [1.165, 1.54) is 0 Å². The second-order valence-electron chi connectivity index (χ2n) is 5.63. The lowest BCUT2D eigenvalue weighted by Crippen LogP contribution is -2.45. The Morgan fingerprint density at radius 3 is 2.67 bits per heavy atom. The zero-order valence-corrected chi connectivity index (χ0v) is 12.6. The van der Waals surface area contributed by atoms with Crippen LogP contribution in [0.2, 0.25) is 0 Å². The minimum absolute atomic E-state index is 0.0467. The number of hydrogen-bond donors (Lipinski definition) is 2. The summed E-state index contributed by atoms with van der Waals surface area (Å²) in [6, 6.07) is 7.29. The lowest BCUT2D eigenvalue weighted by Gasteiger charge is -2.25. The summed E-state index contributed by atoms with van der Waals surface area (Å²) in [5, 5.41) is 2.64. The Morgan fingerprint density at radius 2 is 2.05 bits per heavy atom. The first-order chi connectivity index (χ1) is 10.0. The third-order valence-electron chi connectivity index (χ3n) is 4.11. The van der Waals surface area contributed by atoms with E-state index in [4.69, 9.17) is 5.73 Å². The molecule has 2 amide bonds. The molecular weight excluding hydrogens is 266 g/mol. The summed E-state index contributed by atoms with van der Waals surface area (Å²) in [5.41, 5.74) is 7.48. The molecule has 1 aliphatic rings. The van der Waals surface area contributed by atoms with Crippen molar-refractivity contribution >= 4 is 17.5 Å². The number of rotatable bonds is 4. The van der Waals surface area contributed by atoms with Gasteiger partial charge in [0.1, 0.15) is 6.04 Å². The van der Waals surface area contributed by atoms with Gasteiger partial charge in [-0.3, -0.25) is 9.59 Å². The van der Waals surface area contributed by atoms with Crippen molar-refractivity contribution in [3.63, 3.8) is 0 Å². The maximum absolute atomic E-state index is 12.4. The maximum Gasteiger partial charge on any atom is 0.242 e. The van der Waals surface area contributed by atoms with Gasteiger partial charge >= 0.3 is 0 Å². The van der Waals surface area contributed by atoms with Gasteiger partial charge in [0, 0.05) is 25.7 Å². The number of nitrogen functional groups attached to an aromatic ring is 1. The molecule has 1 heterocycles. The average Bonchev–Trinajstić information content (AvgIpc) is 2.96. The number of nitrogens with zero attached hydrogens (tertiary/aromatic N) is 1. The fraction of sp³-hybridized carbons (Fsp3) is 0.500. The lowest BCUT2D eigenvalue weighted by molar-refractivity contribution is -0.138. The number of likely N-dealkylation sites (tertiary alicyclic amines) is 1. The molecule has 0 aliphatic carbocycles. The van der Waals surface area contributed by atoms with Gasteiger partial charge in [-0.15, -0.1) is 0 Å². The van der Waals surface area contributed by atoms with Crippen molar-refractivity contribution in [1.29, 1.82) is 0 Å². The summed E-state index contributed by atoms with van der Waals surface area (Å²) in [5.74, 6) is 0.0930. The Balaban J connectivity index is 2.00. The van der Waals surface area contributed by atoms with Crippen LogP contribution in [-0.2, 0) is 9.59 Å². The van der Waals surface area contributed by atoms with Gasteiger partial charge in [0.2, 0.25) is 11.8 Å². The van der Waals surface area contributed by atoms with Crippen LogP contribution in [0.25, 0.3) is 0 Å². The van der Waals surface area contributed by atoms with E-state index >= 15 is 0 Å². The van der Waals surface area contributed by atoms with Gasteiger partial charge in [-0.2, -0.15) is 0 Å². The fourth-order valence-electron chi connectivity index (χ4n) is 2.83. The zero-order valence-electron chi connectivity index (χ0n) is 12.6. The lowest BCUT2D eigenvalue weighted by atomic mass is 9.97. The number of carbonyl (C=O) groups excluding carboxylic acids is 2. The molecule has 0 aromatic heterocycles. The second kappa shape index (κ2) is 6.61. The van der Waals surface area contributed by atoms with Crippen LogP contribution in [0.15, 0.2) is 24.3 Å². The van der Waals surface area contributed by atoms with E-state index in [0.29, 0.717) is 13.0 Å². The first-order valence-electron chi connectivity index (χ1n) is 7.39. The largest absolute Gasteiger partial charge is 0.399 e. The minimum atomic E-state index is -0.305. The third kappa shape index (κ3) is 3.54. The van der Waals surface area contributed by atoms with E-state index in [9.17, 15) is 9.59 Å². The van der Waals surface area contributed by atoms with Crippen LogP contribution in [0.3, 0.4) is 0 Å². The molecular formula is C16H23N3O2. The SMILES string of the molecule is CNC(=O)C1CCCN1C(=O)CC(C)c1ccc(N)cc1. The summed E-state index contributed by atoms with van der Waals surface area (Å²) in [7, 11) is 1.61. The molecule has 1 aromatic carbocycles. The van der Waals surface area contributed by atoms with Crippen molar-refractivity contribution < 1.29 is 9.59 Å². The molecule has 5 heteroatoms. The highest BCUT2D eigenvalue weighted by Gasteiger charge is 2.33. The molecule has 1 aromatic rings. The topological polar surface area (TPSA) is 75.4 Å². The monoisotopic (exact) mass is 289 g/mol. The smallest absolute Gasteiger partial charge is 0.242 e. The molecule has 21 heavy (non-hydrogen) atoms. The standard InChI is InChI=1S/C16H23N3O2/c1-11(12-5-7-13(17)8-6-12)10-15(20)19-9-3-4-14(19)16(21)18-2/h5-8,11,14H,3-4,9-10,17H2,1-2H3,(H,18,21). The maximum atomic E-state index is 12.4. The molecule has 2 unspecified atom stereocenters. The van der Waals surface area contributed by atoms with Crippen molar-refractivity contribution in [1.82, 2.24) is 10.2 Å². The Morgan fingerprint density at radius 1 is 1.38 bits per heavy atom. The molecule has 114 valence electrons. The van der Waals surface area contributed by atoms with Crippen LogP contribution < -0.4 is 11.1 Å². The van der Waals surface area contributed by atoms with Crippen molar-refractivity contribution in [2.45, 2.75) is 38.1 Å². The number of anilines is 1. The van der Waals surface area contributed by atoms with Crippen LogP contribution in [0.1, 0.15) is 37.7 Å². The Labute approximate surface area is 125 Å². The second-order valence-corrected chi connectivity index (χ2v) is 5.63. The molecule has 3 N–H and O–H groups in total.